The second-order valence-electron chi connectivity index (χ2n) is 7.78. The van der Waals surface area contributed by atoms with Crippen LogP contribution in [0.3, 0.4) is 0 Å². The summed E-state index contributed by atoms with van der Waals surface area (Å²) < 4.78 is 5.58. The molecule has 2 fully saturated rings. The van der Waals surface area contributed by atoms with Gasteiger partial charge in [0.25, 0.3) is 5.91 Å². The van der Waals surface area contributed by atoms with Gasteiger partial charge < -0.3 is 20.7 Å². The van der Waals surface area contributed by atoms with Gasteiger partial charge in [-0.1, -0.05) is 12.1 Å². The first-order valence-corrected chi connectivity index (χ1v) is 11.4. The average molecular weight is 429 g/mol. The number of anilines is 2. The topological polar surface area (TPSA) is 82.7 Å². The van der Waals surface area contributed by atoms with E-state index in [0.29, 0.717) is 34.8 Å². The second kappa shape index (κ2) is 10.1. The molecule has 0 saturated carbocycles. The van der Waals surface area contributed by atoms with E-state index in [2.05, 4.69) is 20.9 Å². The van der Waals surface area contributed by atoms with Crippen LogP contribution in [0.15, 0.2) is 41.8 Å². The molecule has 2 aromatic rings. The molecule has 2 aliphatic heterocycles. The SMILES string of the molecule is O=C(NC[C@H]([C@@H]1CCOC1)N1CCCC1)Nc1cccc(NC(=O)c2cccs2)c1. The number of amides is 3. The normalized spacial score (nSPS) is 20.1. The summed E-state index contributed by atoms with van der Waals surface area (Å²) in [6.45, 7) is 4.38. The Labute approximate surface area is 180 Å². The molecule has 0 bridgehead atoms. The van der Waals surface area contributed by atoms with Crippen LogP contribution in [-0.4, -0.2) is 55.7 Å². The minimum Gasteiger partial charge on any atom is -0.381 e. The Kier molecular flexibility index (Phi) is 6.99. The highest BCUT2D eigenvalue weighted by molar-refractivity contribution is 7.12. The summed E-state index contributed by atoms with van der Waals surface area (Å²) in [6, 6.07) is 10.9. The quantitative estimate of drug-likeness (QED) is 0.629. The highest BCUT2D eigenvalue weighted by Crippen LogP contribution is 2.24. The molecule has 0 spiro atoms. The van der Waals surface area contributed by atoms with Crippen LogP contribution in [-0.2, 0) is 4.74 Å². The Balaban J connectivity index is 1.31. The van der Waals surface area contributed by atoms with Crippen molar-refractivity contribution in [1.29, 1.82) is 0 Å². The first kappa shape index (κ1) is 20.8. The van der Waals surface area contributed by atoms with Crippen LogP contribution < -0.4 is 16.0 Å². The summed E-state index contributed by atoms with van der Waals surface area (Å²) in [5.74, 6) is 0.318. The van der Waals surface area contributed by atoms with Gasteiger partial charge in [-0.2, -0.15) is 0 Å². The minimum atomic E-state index is -0.236. The lowest BCUT2D eigenvalue weighted by atomic mass is 9.97. The van der Waals surface area contributed by atoms with Gasteiger partial charge in [0.15, 0.2) is 0 Å². The molecule has 2 saturated heterocycles. The minimum absolute atomic E-state index is 0.154. The Morgan fingerprint density at radius 3 is 2.63 bits per heavy atom. The standard InChI is InChI=1S/C22H28N4O3S/c27-21(20-7-4-12-30-20)24-17-5-3-6-18(13-17)25-22(28)23-14-19(16-8-11-29-15-16)26-9-1-2-10-26/h3-7,12-13,16,19H,1-2,8-11,14-15H2,(H,24,27)(H2,23,25,28)/t16-,19-/m1/s1. The largest absolute Gasteiger partial charge is 0.381 e. The van der Waals surface area contributed by atoms with Gasteiger partial charge in [-0.3, -0.25) is 9.69 Å². The molecule has 3 heterocycles. The number of benzene rings is 1. The Bertz CT molecular complexity index is 830. The van der Waals surface area contributed by atoms with Crippen LogP contribution in [0.4, 0.5) is 16.2 Å². The number of nitrogens with zero attached hydrogens (tertiary/aromatic N) is 1. The molecule has 2 atom stereocenters. The number of carbonyl (C=O) groups is 2. The van der Waals surface area contributed by atoms with Crippen LogP contribution >= 0.6 is 11.3 Å². The Morgan fingerprint density at radius 1 is 1.13 bits per heavy atom. The third-order valence-corrected chi connectivity index (χ3v) is 6.58. The third kappa shape index (κ3) is 5.38. The van der Waals surface area contributed by atoms with Crippen molar-refractivity contribution in [2.24, 2.45) is 5.92 Å². The molecule has 3 N–H and O–H groups in total. The van der Waals surface area contributed by atoms with Crippen molar-refractivity contribution in [3.63, 3.8) is 0 Å². The van der Waals surface area contributed by atoms with Gasteiger partial charge in [-0.25, -0.2) is 4.79 Å². The molecular weight excluding hydrogens is 400 g/mol. The van der Waals surface area contributed by atoms with Crippen LogP contribution in [0.2, 0.25) is 0 Å². The molecule has 30 heavy (non-hydrogen) atoms. The maximum Gasteiger partial charge on any atom is 0.319 e. The smallest absolute Gasteiger partial charge is 0.319 e. The van der Waals surface area contributed by atoms with Crippen LogP contribution in [0.1, 0.15) is 28.9 Å². The Hall–Kier alpha value is -2.42. The number of rotatable bonds is 7. The lowest BCUT2D eigenvalue weighted by molar-refractivity contribution is 0.103. The molecule has 0 aliphatic carbocycles. The van der Waals surface area contributed by atoms with Gasteiger partial charge in [0.05, 0.1) is 11.5 Å². The molecule has 0 radical (unpaired) electrons. The fourth-order valence-electron chi connectivity index (χ4n) is 4.17. The molecule has 3 amide bonds. The van der Waals surface area contributed by atoms with Gasteiger partial charge in [-0.05, 0) is 62.0 Å². The van der Waals surface area contributed by atoms with E-state index in [9.17, 15) is 9.59 Å². The lowest BCUT2D eigenvalue weighted by Crippen LogP contribution is -2.48. The van der Waals surface area contributed by atoms with E-state index in [4.69, 9.17) is 4.74 Å². The monoisotopic (exact) mass is 428 g/mol. The molecule has 0 unspecified atom stereocenters. The van der Waals surface area contributed by atoms with E-state index >= 15 is 0 Å². The summed E-state index contributed by atoms with van der Waals surface area (Å²) in [5.41, 5.74) is 1.28. The van der Waals surface area contributed by atoms with Crippen molar-refractivity contribution >= 4 is 34.6 Å². The van der Waals surface area contributed by atoms with E-state index in [1.165, 1.54) is 24.2 Å². The molecule has 4 rings (SSSR count). The van der Waals surface area contributed by atoms with Crippen molar-refractivity contribution in [2.45, 2.75) is 25.3 Å². The maximum absolute atomic E-state index is 12.5. The van der Waals surface area contributed by atoms with Crippen LogP contribution in [0.25, 0.3) is 0 Å². The first-order chi connectivity index (χ1) is 14.7. The van der Waals surface area contributed by atoms with Gasteiger partial charge >= 0.3 is 6.03 Å². The lowest BCUT2D eigenvalue weighted by Gasteiger charge is -2.31. The van der Waals surface area contributed by atoms with E-state index < -0.39 is 0 Å². The van der Waals surface area contributed by atoms with Gasteiger partial charge in [0.2, 0.25) is 0 Å². The Morgan fingerprint density at radius 2 is 1.93 bits per heavy atom. The highest BCUT2D eigenvalue weighted by Gasteiger charge is 2.32. The highest BCUT2D eigenvalue weighted by atomic mass is 32.1. The average Bonchev–Trinajstić information content (AvgIpc) is 3.51. The van der Waals surface area contributed by atoms with Gasteiger partial charge in [0.1, 0.15) is 0 Å². The van der Waals surface area contributed by atoms with E-state index in [0.717, 1.165) is 32.7 Å². The fraction of sp³-hybridized carbons (Fsp3) is 0.455. The van der Waals surface area contributed by atoms with Crippen molar-refractivity contribution in [3.8, 4) is 0 Å². The molecule has 1 aromatic carbocycles. The number of hydrogen-bond donors (Lipinski definition) is 3. The number of urea groups is 1. The maximum atomic E-state index is 12.5. The molecular formula is C22H28N4O3S. The number of carbonyl (C=O) groups excluding carboxylic acids is 2. The summed E-state index contributed by atoms with van der Waals surface area (Å²) in [4.78, 5) is 27.9. The molecule has 2 aliphatic rings. The first-order valence-electron chi connectivity index (χ1n) is 10.5. The summed E-state index contributed by atoms with van der Waals surface area (Å²) in [6.07, 6.45) is 3.50. The summed E-state index contributed by atoms with van der Waals surface area (Å²) in [7, 11) is 0. The van der Waals surface area contributed by atoms with Gasteiger partial charge in [0, 0.05) is 36.5 Å². The molecule has 160 valence electrons. The molecule has 8 heteroatoms. The van der Waals surface area contributed by atoms with Crippen molar-refractivity contribution in [2.75, 3.05) is 43.5 Å². The number of ether oxygens (including phenoxy) is 1. The zero-order valence-corrected chi connectivity index (χ0v) is 17.7. The van der Waals surface area contributed by atoms with E-state index in [-0.39, 0.29) is 11.9 Å². The fourth-order valence-corrected chi connectivity index (χ4v) is 4.79. The van der Waals surface area contributed by atoms with Crippen molar-refractivity contribution < 1.29 is 14.3 Å². The predicted octanol–water partition coefficient (Wildman–Crippen LogP) is 3.62. The summed E-state index contributed by atoms with van der Waals surface area (Å²) >= 11 is 1.39. The van der Waals surface area contributed by atoms with Crippen LogP contribution in [0, 0.1) is 5.92 Å². The van der Waals surface area contributed by atoms with E-state index in [1.807, 2.05) is 23.6 Å². The zero-order valence-electron chi connectivity index (χ0n) is 16.9. The molecule has 7 nitrogen and oxygen atoms in total. The van der Waals surface area contributed by atoms with Crippen molar-refractivity contribution in [3.05, 3.63) is 46.7 Å². The third-order valence-electron chi connectivity index (χ3n) is 5.71. The number of hydrogen-bond acceptors (Lipinski definition) is 5. The van der Waals surface area contributed by atoms with Crippen LogP contribution in [0.5, 0.6) is 0 Å². The number of nitrogens with one attached hydrogen (secondary N) is 3. The number of thiophene rings is 1. The van der Waals surface area contributed by atoms with Gasteiger partial charge in [-0.15, -0.1) is 11.3 Å². The van der Waals surface area contributed by atoms with E-state index in [1.54, 1.807) is 18.2 Å². The van der Waals surface area contributed by atoms with Crippen molar-refractivity contribution in [1.82, 2.24) is 10.2 Å². The predicted molar refractivity (Wildman–Crippen MR) is 119 cm³/mol. The summed E-state index contributed by atoms with van der Waals surface area (Å²) in [5, 5.41) is 10.6. The second-order valence-corrected chi connectivity index (χ2v) is 8.73. The molecule has 1 aromatic heterocycles. The zero-order chi connectivity index (χ0) is 20.8. The number of likely N-dealkylation sites (tertiary alicyclic amines) is 1.